The molecule has 0 heterocycles. The van der Waals surface area contributed by atoms with Crippen LogP contribution < -0.4 is 5.32 Å². The zero-order chi connectivity index (χ0) is 17.9. The van der Waals surface area contributed by atoms with Crippen LogP contribution in [0.25, 0.3) is 0 Å². The first-order valence-corrected chi connectivity index (χ1v) is 8.02. The maximum Gasteiger partial charge on any atom is 0.349 e. The van der Waals surface area contributed by atoms with Crippen LogP contribution >= 0.6 is 11.6 Å². The first-order valence-electron chi connectivity index (χ1n) is 7.64. The van der Waals surface area contributed by atoms with E-state index in [9.17, 15) is 18.4 Å². The first-order chi connectivity index (χ1) is 11.2. The van der Waals surface area contributed by atoms with Gasteiger partial charge in [0.15, 0.2) is 0 Å². The van der Waals surface area contributed by atoms with E-state index in [0.29, 0.717) is 19.4 Å². The maximum atomic E-state index is 14.2. The summed E-state index contributed by atoms with van der Waals surface area (Å²) in [4.78, 5) is 24.4. The average molecular weight is 361 g/mol. The van der Waals surface area contributed by atoms with Gasteiger partial charge in [-0.3, -0.25) is 14.5 Å². The lowest BCUT2D eigenvalue weighted by Crippen LogP contribution is -2.56. The van der Waals surface area contributed by atoms with Crippen molar-refractivity contribution in [3.05, 3.63) is 34.9 Å². The molecule has 0 aliphatic heterocycles. The van der Waals surface area contributed by atoms with Gasteiger partial charge in [0.1, 0.15) is 0 Å². The molecule has 1 aliphatic rings. The van der Waals surface area contributed by atoms with Crippen molar-refractivity contribution in [1.29, 1.82) is 0 Å². The largest absolute Gasteiger partial charge is 0.480 e. The molecule has 1 saturated carbocycles. The van der Waals surface area contributed by atoms with Crippen LogP contribution in [0.3, 0.4) is 0 Å². The van der Waals surface area contributed by atoms with Gasteiger partial charge in [0.05, 0.1) is 6.54 Å². The van der Waals surface area contributed by atoms with Crippen molar-refractivity contribution in [2.75, 3.05) is 13.1 Å². The van der Waals surface area contributed by atoms with Gasteiger partial charge in [-0.05, 0) is 31.5 Å². The Balaban J connectivity index is 1.91. The lowest BCUT2D eigenvalue weighted by Gasteiger charge is -2.42. The summed E-state index contributed by atoms with van der Waals surface area (Å²) in [6.45, 7) is 2.29. The molecule has 1 aromatic rings. The molecule has 24 heavy (non-hydrogen) atoms. The summed E-state index contributed by atoms with van der Waals surface area (Å²) < 4.78 is 28.4. The smallest absolute Gasteiger partial charge is 0.349 e. The number of hydrogen-bond acceptors (Lipinski definition) is 3. The molecule has 0 bridgehead atoms. The van der Waals surface area contributed by atoms with Crippen molar-refractivity contribution in [3.63, 3.8) is 0 Å². The molecule has 8 heteroatoms. The van der Waals surface area contributed by atoms with Gasteiger partial charge in [-0.15, -0.1) is 0 Å². The number of halogens is 3. The van der Waals surface area contributed by atoms with Gasteiger partial charge in [0.25, 0.3) is 5.91 Å². The molecule has 0 aromatic heterocycles. The number of rotatable bonds is 7. The van der Waals surface area contributed by atoms with Crippen LogP contribution in [0.5, 0.6) is 0 Å². The summed E-state index contributed by atoms with van der Waals surface area (Å²) in [5, 5.41) is 11.3. The van der Waals surface area contributed by atoms with E-state index >= 15 is 0 Å². The fourth-order valence-corrected chi connectivity index (χ4v) is 2.96. The molecule has 1 amide bonds. The number of alkyl halides is 2. The first kappa shape index (κ1) is 18.6. The molecular weight excluding hydrogens is 342 g/mol. The lowest BCUT2D eigenvalue weighted by atomic mass is 9.85. The Morgan fingerprint density at radius 1 is 1.42 bits per heavy atom. The molecule has 0 spiro atoms. The molecular formula is C16H19ClF2N2O3. The van der Waals surface area contributed by atoms with E-state index in [1.807, 2.05) is 6.92 Å². The minimum Gasteiger partial charge on any atom is -0.480 e. The zero-order valence-corrected chi connectivity index (χ0v) is 13.9. The van der Waals surface area contributed by atoms with Crippen molar-refractivity contribution < 1.29 is 23.5 Å². The van der Waals surface area contributed by atoms with Crippen LogP contribution in [0.2, 0.25) is 5.02 Å². The SMILES string of the molecule is CCN(CC(=O)O)C1CC(NC(=O)C(F)(F)c2cccc(Cl)c2)C1. The Morgan fingerprint density at radius 3 is 2.62 bits per heavy atom. The van der Waals surface area contributed by atoms with E-state index < -0.39 is 23.4 Å². The fraction of sp³-hybridized carbons (Fsp3) is 0.500. The number of carboxylic acid groups (broad SMARTS) is 1. The van der Waals surface area contributed by atoms with Crippen molar-refractivity contribution >= 4 is 23.5 Å². The number of carboxylic acids is 1. The van der Waals surface area contributed by atoms with Crippen LogP contribution in [0, 0.1) is 0 Å². The topological polar surface area (TPSA) is 69.6 Å². The summed E-state index contributed by atoms with van der Waals surface area (Å²) in [6.07, 6.45) is 0.914. The minimum atomic E-state index is -3.67. The predicted octanol–water partition coefficient (Wildman–Crippen LogP) is 2.49. The van der Waals surface area contributed by atoms with Gasteiger partial charge < -0.3 is 10.4 Å². The van der Waals surface area contributed by atoms with Gasteiger partial charge >= 0.3 is 11.9 Å². The quantitative estimate of drug-likeness (QED) is 0.783. The Hall–Kier alpha value is -1.73. The highest BCUT2D eigenvalue weighted by atomic mass is 35.5. The van der Waals surface area contributed by atoms with Crippen LogP contribution in [0.4, 0.5) is 8.78 Å². The normalized spacial score (nSPS) is 20.5. The minimum absolute atomic E-state index is 0.0174. The number of amides is 1. The van der Waals surface area contributed by atoms with Gasteiger partial charge in [0, 0.05) is 22.7 Å². The highest BCUT2D eigenvalue weighted by molar-refractivity contribution is 6.30. The van der Waals surface area contributed by atoms with Gasteiger partial charge in [0.2, 0.25) is 0 Å². The third-order valence-corrected chi connectivity index (χ3v) is 4.42. The van der Waals surface area contributed by atoms with E-state index in [1.165, 1.54) is 12.1 Å². The molecule has 132 valence electrons. The third kappa shape index (κ3) is 4.21. The van der Waals surface area contributed by atoms with Crippen LogP contribution in [-0.2, 0) is 15.5 Å². The highest BCUT2D eigenvalue weighted by Crippen LogP contribution is 2.32. The number of likely N-dealkylation sites (N-methyl/N-ethyl adjacent to an activating group) is 1. The number of hydrogen-bond donors (Lipinski definition) is 2. The Kier molecular flexibility index (Phi) is 5.77. The number of carbonyl (C=O) groups is 2. The Morgan fingerprint density at radius 2 is 2.08 bits per heavy atom. The van der Waals surface area contributed by atoms with Crippen molar-refractivity contribution in [1.82, 2.24) is 10.2 Å². The van der Waals surface area contributed by atoms with E-state index in [-0.39, 0.29) is 23.7 Å². The molecule has 0 radical (unpaired) electrons. The molecule has 0 saturated heterocycles. The summed E-state index contributed by atoms with van der Waals surface area (Å²) in [7, 11) is 0. The number of nitrogens with one attached hydrogen (secondary N) is 1. The number of aliphatic carboxylic acids is 1. The molecule has 1 fully saturated rings. The molecule has 0 unspecified atom stereocenters. The second-order valence-corrected chi connectivity index (χ2v) is 6.27. The van der Waals surface area contributed by atoms with E-state index in [1.54, 1.807) is 4.90 Å². The summed E-state index contributed by atoms with van der Waals surface area (Å²) in [6, 6.07) is 4.64. The second kappa shape index (κ2) is 7.44. The maximum absolute atomic E-state index is 14.2. The average Bonchev–Trinajstić information content (AvgIpc) is 2.48. The zero-order valence-electron chi connectivity index (χ0n) is 13.1. The van der Waals surface area contributed by atoms with Gasteiger partial charge in [-0.2, -0.15) is 8.78 Å². The highest BCUT2D eigenvalue weighted by Gasteiger charge is 2.44. The van der Waals surface area contributed by atoms with Crippen molar-refractivity contribution in [2.45, 2.75) is 37.8 Å². The summed E-state index contributed by atoms with van der Waals surface area (Å²) in [5.74, 6) is -5.96. The number of benzene rings is 1. The van der Waals surface area contributed by atoms with Crippen LogP contribution in [0.15, 0.2) is 24.3 Å². The monoisotopic (exact) mass is 360 g/mol. The van der Waals surface area contributed by atoms with Gasteiger partial charge in [-0.1, -0.05) is 30.7 Å². The number of carbonyl (C=O) groups excluding carboxylic acids is 1. The standard InChI is InChI=1S/C16H19ClF2N2O3/c1-2-21(9-14(22)23)13-7-12(8-13)20-15(24)16(18,19)10-4-3-5-11(17)6-10/h3-6,12-13H,2,7-9H2,1H3,(H,20,24)(H,22,23). The summed E-state index contributed by atoms with van der Waals surface area (Å²) in [5.41, 5.74) is -0.454. The van der Waals surface area contributed by atoms with Gasteiger partial charge in [-0.25, -0.2) is 0 Å². The molecule has 0 atom stereocenters. The molecule has 1 aliphatic carbocycles. The second-order valence-electron chi connectivity index (χ2n) is 5.84. The summed E-state index contributed by atoms with van der Waals surface area (Å²) >= 11 is 5.69. The molecule has 1 aromatic carbocycles. The Labute approximate surface area is 143 Å². The predicted molar refractivity (Wildman–Crippen MR) is 85.2 cm³/mol. The van der Waals surface area contributed by atoms with Crippen LogP contribution in [-0.4, -0.2) is 47.1 Å². The van der Waals surface area contributed by atoms with Crippen molar-refractivity contribution in [3.8, 4) is 0 Å². The molecule has 2 N–H and O–H groups in total. The third-order valence-electron chi connectivity index (χ3n) is 4.18. The molecule has 5 nitrogen and oxygen atoms in total. The lowest BCUT2D eigenvalue weighted by molar-refractivity contribution is -0.149. The molecule has 2 rings (SSSR count). The van der Waals surface area contributed by atoms with E-state index in [4.69, 9.17) is 16.7 Å². The number of nitrogens with zero attached hydrogens (tertiary/aromatic N) is 1. The van der Waals surface area contributed by atoms with Crippen molar-refractivity contribution in [2.24, 2.45) is 0 Å². The fourth-order valence-electron chi connectivity index (χ4n) is 2.77. The van der Waals surface area contributed by atoms with E-state index in [0.717, 1.165) is 12.1 Å². The van der Waals surface area contributed by atoms with Crippen LogP contribution in [0.1, 0.15) is 25.3 Å². The Bertz CT molecular complexity index is 621. The van der Waals surface area contributed by atoms with E-state index in [2.05, 4.69) is 5.32 Å².